The van der Waals surface area contributed by atoms with E-state index in [0.29, 0.717) is 11.8 Å². The van der Waals surface area contributed by atoms with Gasteiger partial charge in [0.15, 0.2) is 5.43 Å². The minimum atomic E-state index is 0.201. The van der Waals surface area contributed by atoms with E-state index >= 15 is 0 Å². The van der Waals surface area contributed by atoms with Crippen LogP contribution >= 0.6 is 0 Å². The number of benzene rings is 1. The fraction of sp³-hybridized carbons (Fsp3) is 0.609. The van der Waals surface area contributed by atoms with Crippen molar-refractivity contribution in [3.8, 4) is 0 Å². The molecule has 2 rings (SSSR count). The molecule has 0 spiro atoms. The Balaban J connectivity index is 2.40. The van der Waals surface area contributed by atoms with Crippen molar-refractivity contribution in [1.82, 2.24) is 9.88 Å². The van der Waals surface area contributed by atoms with Crippen LogP contribution in [0.2, 0.25) is 0 Å². The van der Waals surface area contributed by atoms with Crippen molar-refractivity contribution in [3.05, 3.63) is 45.2 Å². The highest BCUT2D eigenvalue weighted by Gasteiger charge is 2.16. The van der Waals surface area contributed by atoms with Gasteiger partial charge in [0.2, 0.25) is 0 Å². The monoisotopic (exact) mass is 356 g/mol. The summed E-state index contributed by atoms with van der Waals surface area (Å²) in [6.07, 6.45) is 3.38. The predicted octanol–water partition coefficient (Wildman–Crippen LogP) is 5.29. The zero-order valence-corrected chi connectivity index (χ0v) is 17.5. The molecule has 0 atom stereocenters. The summed E-state index contributed by atoms with van der Waals surface area (Å²) in [5.74, 6) is 1.18. The molecule has 1 aromatic carbocycles. The van der Waals surface area contributed by atoms with Crippen LogP contribution in [-0.4, -0.2) is 23.0 Å². The molecule has 0 amide bonds. The van der Waals surface area contributed by atoms with Gasteiger partial charge in [0, 0.05) is 41.8 Å². The van der Waals surface area contributed by atoms with Crippen LogP contribution in [0.3, 0.4) is 0 Å². The molecule has 0 aliphatic heterocycles. The Bertz CT molecular complexity index is 764. The van der Waals surface area contributed by atoms with Gasteiger partial charge in [-0.15, -0.1) is 0 Å². The van der Waals surface area contributed by atoms with Crippen molar-refractivity contribution in [2.24, 2.45) is 11.8 Å². The molecule has 26 heavy (non-hydrogen) atoms. The Kier molecular flexibility index (Phi) is 7.45. The maximum absolute atomic E-state index is 13.2. The molecule has 3 nitrogen and oxygen atoms in total. The van der Waals surface area contributed by atoms with E-state index in [-0.39, 0.29) is 5.43 Å². The van der Waals surface area contributed by atoms with E-state index in [4.69, 9.17) is 0 Å². The average Bonchev–Trinajstić information content (AvgIpc) is 2.55. The van der Waals surface area contributed by atoms with Crippen LogP contribution in [-0.2, 0) is 13.0 Å². The van der Waals surface area contributed by atoms with Crippen molar-refractivity contribution in [2.75, 3.05) is 13.1 Å². The summed E-state index contributed by atoms with van der Waals surface area (Å²) in [5, 5.41) is 0.841. The van der Waals surface area contributed by atoms with Crippen LogP contribution < -0.4 is 5.43 Å². The highest BCUT2D eigenvalue weighted by molar-refractivity contribution is 5.80. The molecule has 144 valence electrons. The Morgan fingerprint density at radius 1 is 1.08 bits per heavy atom. The molecule has 1 N–H and O–H groups in total. The SMILES string of the molecule is CCCCc1ccc2[nH]c(C)c(CN(CC(C)C)CC(C)C)c(=O)c2c1. The summed E-state index contributed by atoms with van der Waals surface area (Å²) in [6.45, 7) is 16.0. The summed E-state index contributed by atoms with van der Waals surface area (Å²) in [4.78, 5) is 19.1. The quantitative estimate of drug-likeness (QED) is 0.662. The van der Waals surface area contributed by atoms with E-state index < -0.39 is 0 Å². The predicted molar refractivity (Wildman–Crippen MR) is 113 cm³/mol. The molecule has 0 saturated carbocycles. The van der Waals surface area contributed by atoms with Crippen molar-refractivity contribution in [2.45, 2.75) is 67.3 Å². The van der Waals surface area contributed by atoms with Crippen LogP contribution in [0.1, 0.15) is 64.3 Å². The van der Waals surface area contributed by atoms with Crippen LogP contribution in [0.5, 0.6) is 0 Å². The Hall–Kier alpha value is -1.61. The van der Waals surface area contributed by atoms with Gasteiger partial charge in [-0.25, -0.2) is 0 Å². The highest BCUT2D eigenvalue weighted by atomic mass is 16.1. The number of H-pyrrole nitrogens is 1. The largest absolute Gasteiger partial charge is 0.358 e. The topological polar surface area (TPSA) is 36.1 Å². The average molecular weight is 357 g/mol. The van der Waals surface area contributed by atoms with Gasteiger partial charge in [-0.1, -0.05) is 47.1 Å². The molecule has 3 heteroatoms. The van der Waals surface area contributed by atoms with Crippen molar-refractivity contribution in [3.63, 3.8) is 0 Å². The Labute approximate surface area is 158 Å². The third-order valence-corrected chi connectivity index (χ3v) is 4.82. The second-order valence-corrected chi connectivity index (χ2v) is 8.52. The molecule has 1 heterocycles. The number of aromatic nitrogens is 1. The van der Waals surface area contributed by atoms with Gasteiger partial charge in [0.1, 0.15) is 0 Å². The molecular weight excluding hydrogens is 320 g/mol. The summed E-state index contributed by atoms with van der Waals surface area (Å²) < 4.78 is 0. The molecule has 0 bridgehead atoms. The number of pyridine rings is 1. The van der Waals surface area contributed by atoms with Crippen LogP contribution in [0.4, 0.5) is 0 Å². The number of aromatic amines is 1. The number of unbranched alkanes of at least 4 members (excludes halogenated alkanes) is 1. The summed E-state index contributed by atoms with van der Waals surface area (Å²) in [6, 6.07) is 6.32. The van der Waals surface area contributed by atoms with Gasteiger partial charge in [-0.05, 0) is 49.3 Å². The molecule has 0 radical (unpaired) electrons. The first kappa shape index (κ1) is 20.7. The first-order chi connectivity index (χ1) is 12.3. The fourth-order valence-electron chi connectivity index (χ4n) is 3.69. The lowest BCUT2D eigenvalue weighted by Gasteiger charge is -2.26. The van der Waals surface area contributed by atoms with E-state index in [2.05, 4.69) is 62.7 Å². The zero-order chi connectivity index (χ0) is 19.3. The van der Waals surface area contributed by atoms with Crippen molar-refractivity contribution >= 4 is 10.9 Å². The molecule has 0 unspecified atom stereocenters. The van der Waals surface area contributed by atoms with E-state index in [1.54, 1.807) is 0 Å². The summed E-state index contributed by atoms with van der Waals surface area (Å²) in [5.41, 5.74) is 4.34. The van der Waals surface area contributed by atoms with Gasteiger partial charge < -0.3 is 4.98 Å². The van der Waals surface area contributed by atoms with Gasteiger partial charge >= 0.3 is 0 Å². The van der Waals surface area contributed by atoms with Crippen LogP contribution in [0, 0.1) is 18.8 Å². The van der Waals surface area contributed by atoms with E-state index in [1.165, 1.54) is 18.4 Å². The van der Waals surface area contributed by atoms with Crippen LogP contribution in [0.15, 0.2) is 23.0 Å². The van der Waals surface area contributed by atoms with E-state index in [9.17, 15) is 4.79 Å². The lowest BCUT2D eigenvalue weighted by atomic mass is 10.0. The van der Waals surface area contributed by atoms with E-state index in [1.807, 2.05) is 6.92 Å². The molecule has 0 aliphatic carbocycles. The molecule has 1 aromatic heterocycles. The molecule has 0 aliphatic rings. The maximum atomic E-state index is 13.2. The zero-order valence-electron chi connectivity index (χ0n) is 17.5. The number of aryl methyl sites for hydroxylation is 2. The molecular formula is C23H36N2O. The number of nitrogens with one attached hydrogen (secondary N) is 1. The van der Waals surface area contributed by atoms with Gasteiger partial charge in [-0.2, -0.15) is 0 Å². The molecule has 2 aromatic rings. The van der Waals surface area contributed by atoms with E-state index in [0.717, 1.165) is 48.2 Å². The van der Waals surface area contributed by atoms with Crippen molar-refractivity contribution < 1.29 is 0 Å². The first-order valence-electron chi connectivity index (χ1n) is 10.2. The lowest BCUT2D eigenvalue weighted by Crippen LogP contribution is -2.33. The number of hydrogen-bond acceptors (Lipinski definition) is 2. The molecule has 0 saturated heterocycles. The molecule has 0 fully saturated rings. The third kappa shape index (κ3) is 5.44. The summed E-state index contributed by atoms with van der Waals surface area (Å²) >= 11 is 0. The van der Waals surface area contributed by atoms with Crippen molar-refractivity contribution in [1.29, 1.82) is 0 Å². The third-order valence-electron chi connectivity index (χ3n) is 4.82. The van der Waals surface area contributed by atoms with Crippen LogP contribution in [0.25, 0.3) is 10.9 Å². The standard InChI is InChI=1S/C23H36N2O/c1-7-8-9-19-10-11-22-20(12-19)23(26)21(18(6)24-22)15-25(13-16(2)3)14-17(4)5/h10-12,16-17H,7-9,13-15H2,1-6H3,(H,24,26). The number of nitrogens with zero attached hydrogens (tertiary/aromatic N) is 1. The number of hydrogen-bond donors (Lipinski definition) is 1. The lowest BCUT2D eigenvalue weighted by molar-refractivity contribution is 0.210. The van der Waals surface area contributed by atoms with Gasteiger partial charge in [0.05, 0.1) is 0 Å². The smallest absolute Gasteiger partial charge is 0.194 e. The maximum Gasteiger partial charge on any atom is 0.194 e. The summed E-state index contributed by atoms with van der Waals surface area (Å²) in [7, 11) is 0. The normalized spacial score (nSPS) is 12.0. The second-order valence-electron chi connectivity index (χ2n) is 8.52. The highest BCUT2D eigenvalue weighted by Crippen LogP contribution is 2.17. The van der Waals surface area contributed by atoms with Gasteiger partial charge in [0.25, 0.3) is 0 Å². The number of rotatable bonds is 9. The number of fused-ring (bicyclic) bond motifs is 1. The first-order valence-corrected chi connectivity index (χ1v) is 10.2. The minimum absolute atomic E-state index is 0.201. The minimum Gasteiger partial charge on any atom is -0.358 e. The second kappa shape index (κ2) is 9.36. The Morgan fingerprint density at radius 2 is 1.73 bits per heavy atom. The Morgan fingerprint density at radius 3 is 2.31 bits per heavy atom. The van der Waals surface area contributed by atoms with Gasteiger partial charge in [-0.3, -0.25) is 9.69 Å². The fourth-order valence-corrected chi connectivity index (χ4v) is 3.69.